The molecule has 0 aliphatic heterocycles. The number of methoxy groups -OCH3 is 1. The van der Waals surface area contributed by atoms with Crippen LogP contribution in [0.3, 0.4) is 0 Å². The van der Waals surface area contributed by atoms with Crippen LogP contribution in [0.5, 0.6) is 0 Å². The van der Waals surface area contributed by atoms with E-state index >= 15 is 0 Å². The normalized spacial score (nSPS) is 12.8. The van der Waals surface area contributed by atoms with Crippen LogP contribution in [0.15, 0.2) is 18.2 Å². The van der Waals surface area contributed by atoms with Crippen LogP contribution in [0.2, 0.25) is 5.02 Å². The highest BCUT2D eigenvalue weighted by Crippen LogP contribution is 2.26. The molecule has 0 bridgehead atoms. The molecule has 1 atom stereocenters. The van der Waals surface area contributed by atoms with E-state index in [-0.39, 0.29) is 6.04 Å². The van der Waals surface area contributed by atoms with E-state index in [4.69, 9.17) is 27.8 Å². The van der Waals surface area contributed by atoms with Gasteiger partial charge in [-0.15, -0.1) is 0 Å². The first-order valence-electron chi connectivity index (χ1n) is 3.95. The van der Waals surface area contributed by atoms with E-state index in [1.807, 2.05) is 12.1 Å². The van der Waals surface area contributed by atoms with E-state index < -0.39 is 0 Å². The van der Waals surface area contributed by atoms with Gasteiger partial charge in [-0.25, -0.2) is 0 Å². The number of ether oxygens (including phenoxy) is 1. The van der Waals surface area contributed by atoms with Crippen molar-refractivity contribution >= 4 is 17.3 Å². The number of hydrogen-bond donors (Lipinski definition) is 2. The molecular formula is C9H13ClN2O. The molecule has 0 radical (unpaired) electrons. The number of nitrogens with two attached hydrogens (primary N) is 2. The second kappa shape index (κ2) is 4.46. The molecule has 1 aromatic rings. The van der Waals surface area contributed by atoms with Crippen molar-refractivity contribution in [3.05, 3.63) is 28.8 Å². The van der Waals surface area contributed by atoms with Crippen molar-refractivity contribution in [3.8, 4) is 0 Å². The first-order chi connectivity index (χ1) is 6.16. The average Bonchev–Trinajstić information content (AvgIpc) is 2.10. The molecule has 4 heteroatoms. The number of benzene rings is 1. The fourth-order valence-electron chi connectivity index (χ4n) is 1.15. The zero-order valence-electron chi connectivity index (χ0n) is 7.46. The van der Waals surface area contributed by atoms with E-state index in [0.717, 1.165) is 5.56 Å². The Morgan fingerprint density at radius 2 is 2.23 bits per heavy atom. The van der Waals surface area contributed by atoms with Crippen molar-refractivity contribution in [2.75, 3.05) is 19.5 Å². The lowest BCUT2D eigenvalue weighted by Crippen LogP contribution is -2.17. The molecule has 72 valence electrons. The van der Waals surface area contributed by atoms with Gasteiger partial charge in [-0.2, -0.15) is 0 Å². The van der Waals surface area contributed by atoms with E-state index in [0.29, 0.717) is 17.3 Å². The minimum atomic E-state index is -0.219. The third kappa shape index (κ3) is 2.34. The van der Waals surface area contributed by atoms with Crippen molar-refractivity contribution < 1.29 is 4.74 Å². The molecule has 0 saturated heterocycles. The van der Waals surface area contributed by atoms with Gasteiger partial charge in [0.25, 0.3) is 0 Å². The molecule has 3 nitrogen and oxygen atoms in total. The zero-order valence-corrected chi connectivity index (χ0v) is 8.21. The highest BCUT2D eigenvalue weighted by atomic mass is 35.5. The van der Waals surface area contributed by atoms with E-state index in [2.05, 4.69) is 0 Å². The predicted octanol–water partition coefficient (Wildman–Crippen LogP) is 1.57. The van der Waals surface area contributed by atoms with E-state index in [1.54, 1.807) is 13.2 Å². The fraction of sp³-hybridized carbons (Fsp3) is 0.333. The molecule has 0 aliphatic rings. The summed E-state index contributed by atoms with van der Waals surface area (Å²) in [6.07, 6.45) is 0. The van der Waals surface area contributed by atoms with Gasteiger partial charge in [0.15, 0.2) is 0 Å². The van der Waals surface area contributed by atoms with Crippen molar-refractivity contribution in [2.45, 2.75) is 6.04 Å². The smallest absolute Gasteiger partial charge is 0.0656 e. The first-order valence-corrected chi connectivity index (χ1v) is 4.33. The third-order valence-electron chi connectivity index (χ3n) is 1.83. The minimum absolute atomic E-state index is 0.219. The molecule has 4 N–H and O–H groups in total. The zero-order chi connectivity index (χ0) is 9.84. The molecule has 1 aromatic carbocycles. The Bertz CT molecular complexity index is 291. The predicted molar refractivity (Wildman–Crippen MR) is 54.7 cm³/mol. The van der Waals surface area contributed by atoms with Crippen LogP contribution in [0.4, 0.5) is 5.69 Å². The van der Waals surface area contributed by atoms with Gasteiger partial charge in [0.1, 0.15) is 0 Å². The molecule has 13 heavy (non-hydrogen) atoms. The second-order valence-corrected chi connectivity index (χ2v) is 3.21. The topological polar surface area (TPSA) is 61.3 Å². The van der Waals surface area contributed by atoms with Gasteiger partial charge in [0, 0.05) is 7.11 Å². The summed E-state index contributed by atoms with van der Waals surface area (Å²) in [5.41, 5.74) is 12.9. The number of rotatable bonds is 3. The Hall–Kier alpha value is -0.770. The van der Waals surface area contributed by atoms with Crippen LogP contribution in [-0.2, 0) is 4.74 Å². The lowest BCUT2D eigenvalue weighted by molar-refractivity contribution is 0.181. The monoisotopic (exact) mass is 200 g/mol. The summed E-state index contributed by atoms with van der Waals surface area (Å²) in [5, 5.41) is 0.532. The van der Waals surface area contributed by atoms with Crippen molar-refractivity contribution in [1.29, 1.82) is 0 Å². The molecule has 0 aliphatic carbocycles. The number of nitrogen functional groups attached to an aromatic ring is 1. The summed E-state index contributed by atoms with van der Waals surface area (Å²) in [6, 6.07) is 5.19. The second-order valence-electron chi connectivity index (χ2n) is 2.80. The molecule has 0 fully saturated rings. The Balaban J connectivity index is 2.93. The van der Waals surface area contributed by atoms with Crippen LogP contribution in [0, 0.1) is 0 Å². The first kappa shape index (κ1) is 10.3. The summed E-state index contributed by atoms with van der Waals surface area (Å²) in [5.74, 6) is 0. The molecule has 0 heterocycles. The molecular weight excluding hydrogens is 188 g/mol. The number of halogens is 1. The van der Waals surface area contributed by atoms with Gasteiger partial charge in [-0.3, -0.25) is 0 Å². The largest absolute Gasteiger partial charge is 0.397 e. The molecule has 1 rings (SSSR count). The molecule has 0 saturated carbocycles. The Kier molecular flexibility index (Phi) is 3.54. The maximum Gasteiger partial charge on any atom is 0.0656 e. The van der Waals surface area contributed by atoms with Crippen LogP contribution in [-0.4, -0.2) is 13.7 Å². The van der Waals surface area contributed by atoms with Gasteiger partial charge in [0.05, 0.1) is 23.4 Å². The van der Waals surface area contributed by atoms with Gasteiger partial charge in [-0.05, 0) is 11.6 Å². The highest BCUT2D eigenvalue weighted by molar-refractivity contribution is 6.33. The van der Waals surface area contributed by atoms with Crippen molar-refractivity contribution in [3.63, 3.8) is 0 Å². The summed E-state index contributed by atoms with van der Waals surface area (Å²) >= 11 is 5.84. The van der Waals surface area contributed by atoms with Gasteiger partial charge >= 0.3 is 0 Å². The van der Waals surface area contributed by atoms with Crippen LogP contribution in [0.1, 0.15) is 11.6 Å². The molecule has 0 aromatic heterocycles. The van der Waals surface area contributed by atoms with Crippen LogP contribution >= 0.6 is 11.6 Å². The fourth-order valence-corrected chi connectivity index (χ4v) is 1.33. The lowest BCUT2D eigenvalue weighted by Gasteiger charge is -2.13. The summed E-state index contributed by atoms with van der Waals surface area (Å²) in [6.45, 7) is 0.435. The lowest BCUT2D eigenvalue weighted by atomic mass is 10.1. The SMILES string of the molecule is COC[C@H](N)c1cccc(Cl)c1N. The quantitative estimate of drug-likeness (QED) is 0.729. The molecule has 0 amide bonds. The maximum absolute atomic E-state index is 5.84. The minimum Gasteiger partial charge on any atom is -0.397 e. The number of para-hydroxylation sites is 1. The van der Waals surface area contributed by atoms with Crippen LogP contribution < -0.4 is 11.5 Å². The highest BCUT2D eigenvalue weighted by Gasteiger charge is 2.10. The molecule has 0 spiro atoms. The Morgan fingerprint density at radius 3 is 2.85 bits per heavy atom. The molecule has 0 unspecified atom stereocenters. The van der Waals surface area contributed by atoms with Gasteiger partial charge in [0.2, 0.25) is 0 Å². The maximum atomic E-state index is 5.84. The third-order valence-corrected chi connectivity index (χ3v) is 2.16. The van der Waals surface area contributed by atoms with E-state index in [9.17, 15) is 0 Å². The van der Waals surface area contributed by atoms with E-state index in [1.165, 1.54) is 0 Å². The number of anilines is 1. The number of hydrogen-bond acceptors (Lipinski definition) is 3. The Morgan fingerprint density at radius 1 is 1.54 bits per heavy atom. The van der Waals surface area contributed by atoms with Crippen LogP contribution in [0.25, 0.3) is 0 Å². The summed E-state index contributed by atoms with van der Waals surface area (Å²) in [4.78, 5) is 0. The Labute approximate surface area is 82.6 Å². The van der Waals surface area contributed by atoms with Crippen molar-refractivity contribution in [2.24, 2.45) is 5.73 Å². The van der Waals surface area contributed by atoms with Gasteiger partial charge < -0.3 is 16.2 Å². The average molecular weight is 201 g/mol. The van der Waals surface area contributed by atoms with Crippen molar-refractivity contribution in [1.82, 2.24) is 0 Å². The summed E-state index contributed by atoms with van der Waals surface area (Å²) < 4.78 is 4.93. The van der Waals surface area contributed by atoms with Gasteiger partial charge in [-0.1, -0.05) is 23.7 Å². The standard InChI is InChI=1S/C9H13ClN2O/c1-13-5-8(11)6-3-2-4-7(10)9(6)12/h2-4,8H,5,11-12H2,1H3/t8-/m0/s1. The summed E-state index contributed by atoms with van der Waals surface area (Å²) in [7, 11) is 1.60.